The summed E-state index contributed by atoms with van der Waals surface area (Å²) in [5, 5.41) is 12.6. The van der Waals surface area contributed by atoms with Crippen LogP contribution in [0.1, 0.15) is 30.3 Å². The first-order valence-corrected chi connectivity index (χ1v) is 7.27. The van der Waals surface area contributed by atoms with Crippen LogP contribution in [0, 0.1) is 6.92 Å². The van der Waals surface area contributed by atoms with Gasteiger partial charge in [0.1, 0.15) is 18.1 Å². The van der Waals surface area contributed by atoms with Crippen LogP contribution in [0.25, 0.3) is 0 Å². The number of phenolic OH excluding ortho intramolecular Hbond substituents is 1. The predicted molar refractivity (Wildman–Crippen MR) is 83.4 cm³/mol. The van der Waals surface area contributed by atoms with E-state index in [0.29, 0.717) is 13.2 Å². The fourth-order valence-corrected chi connectivity index (χ4v) is 1.99. The molecule has 0 atom stereocenters. The van der Waals surface area contributed by atoms with Gasteiger partial charge in [0, 0.05) is 12.2 Å². The molecule has 2 aromatic rings. The summed E-state index contributed by atoms with van der Waals surface area (Å²) < 4.78 is 5.86. The SMILES string of the molecule is CCCNCc1nc(C)ccc1OCc1ccc(O)cc1. The maximum Gasteiger partial charge on any atom is 0.142 e. The molecule has 1 aromatic carbocycles. The van der Waals surface area contributed by atoms with Crippen molar-refractivity contribution >= 4 is 0 Å². The summed E-state index contributed by atoms with van der Waals surface area (Å²) in [6, 6.07) is 10.9. The van der Waals surface area contributed by atoms with Crippen LogP contribution in [0.15, 0.2) is 36.4 Å². The zero-order valence-corrected chi connectivity index (χ0v) is 12.6. The van der Waals surface area contributed by atoms with Crippen molar-refractivity contribution in [3.05, 3.63) is 53.3 Å². The first-order valence-electron chi connectivity index (χ1n) is 7.27. The minimum atomic E-state index is 0.264. The molecule has 4 nitrogen and oxygen atoms in total. The molecule has 0 amide bonds. The molecule has 0 aliphatic heterocycles. The summed E-state index contributed by atoms with van der Waals surface area (Å²) in [4.78, 5) is 4.54. The van der Waals surface area contributed by atoms with Gasteiger partial charge in [0.2, 0.25) is 0 Å². The van der Waals surface area contributed by atoms with Gasteiger partial charge in [-0.2, -0.15) is 0 Å². The van der Waals surface area contributed by atoms with Gasteiger partial charge in [-0.25, -0.2) is 0 Å². The van der Waals surface area contributed by atoms with Crippen LogP contribution < -0.4 is 10.1 Å². The first-order chi connectivity index (χ1) is 10.2. The molecule has 0 aliphatic carbocycles. The van der Waals surface area contributed by atoms with Crippen molar-refractivity contribution < 1.29 is 9.84 Å². The van der Waals surface area contributed by atoms with Crippen LogP contribution in [0.2, 0.25) is 0 Å². The largest absolute Gasteiger partial charge is 0.508 e. The van der Waals surface area contributed by atoms with Crippen LogP contribution in [0.5, 0.6) is 11.5 Å². The van der Waals surface area contributed by atoms with E-state index in [2.05, 4.69) is 17.2 Å². The summed E-state index contributed by atoms with van der Waals surface area (Å²) in [6.07, 6.45) is 1.09. The van der Waals surface area contributed by atoms with Gasteiger partial charge in [0.25, 0.3) is 0 Å². The molecule has 0 spiro atoms. The number of ether oxygens (including phenoxy) is 1. The van der Waals surface area contributed by atoms with E-state index in [9.17, 15) is 5.11 Å². The summed E-state index contributed by atoms with van der Waals surface area (Å²) in [7, 11) is 0. The average Bonchev–Trinajstić information content (AvgIpc) is 2.48. The zero-order chi connectivity index (χ0) is 15.1. The lowest BCUT2D eigenvalue weighted by Gasteiger charge is -2.12. The number of aromatic nitrogens is 1. The predicted octanol–water partition coefficient (Wildman–Crippen LogP) is 3.17. The van der Waals surface area contributed by atoms with Crippen molar-refractivity contribution in [1.82, 2.24) is 10.3 Å². The summed E-state index contributed by atoms with van der Waals surface area (Å²) in [6.45, 7) is 6.26. The topological polar surface area (TPSA) is 54.4 Å². The lowest BCUT2D eigenvalue weighted by Crippen LogP contribution is -2.16. The molecule has 0 bridgehead atoms. The number of pyridine rings is 1. The Bertz CT molecular complexity index is 568. The Labute approximate surface area is 125 Å². The third-order valence-corrected chi connectivity index (χ3v) is 3.12. The Kier molecular flexibility index (Phi) is 5.58. The van der Waals surface area contributed by atoms with E-state index in [4.69, 9.17) is 4.74 Å². The van der Waals surface area contributed by atoms with E-state index in [1.807, 2.05) is 31.2 Å². The maximum absolute atomic E-state index is 9.28. The van der Waals surface area contributed by atoms with E-state index in [-0.39, 0.29) is 5.75 Å². The van der Waals surface area contributed by atoms with Crippen LogP contribution in [0.4, 0.5) is 0 Å². The van der Waals surface area contributed by atoms with E-state index < -0.39 is 0 Å². The van der Waals surface area contributed by atoms with Crippen molar-refractivity contribution in [2.45, 2.75) is 33.4 Å². The summed E-state index contributed by atoms with van der Waals surface area (Å²) in [5.41, 5.74) is 2.93. The molecule has 0 saturated heterocycles. The number of rotatable bonds is 7. The fourth-order valence-electron chi connectivity index (χ4n) is 1.99. The highest BCUT2D eigenvalue weighted by molar-refractivity contribution is 5.30. The van der Waals surface area contributed by atoms with Crippen LogP contribution in [-0.4, -0.2) is 16.6 Å². The Balaban J connectivity index is 2.02. The van der Waals surface area contributed by atoms with Crippen molar-refractivity contribution in [2.75, 3.05) is 6.54 Å². The molecule has 21 heavy (non-hydrogen) atoms. The second kappa shape index (κ2) is 7.64. The highest BCUT2D eigenvalue weighted by Crippen LogP contribution is 2.19. The highest BCUT2D eigenvalue weighted by atomic mass is 16.5. The van der Waals surface area contributed by atoms with Crippen molar-refractivity contribution in [1.29, 1.82) is 0 Å². The standard InChI is InChI=1S/C17H22N2O2/c1-3-10-18-11-16-17(9-4-13(2)19-16)21-12-14-5-7-15(20)8-6-14/h4-9,18,20H,3,10-12H2,1-2H3. The number of nitrogens with zero attached hydrogens (tertiary/aromatic N) is 1. The molecular weight excluding hydrogens is 264 g/mol. The molecule has 2 rings (SSSR count). The second-order valence-electron chi connectivity index (χ2n) is 5.03. The van der Waals surface area contributed by atoms with E-state index in [1.165, 1.54) is 0 Å². The van der Waals surface area contributed by atoms with E-state index in [0.717, 1.165) is 35.7 Å². The van der Waals surface area contributed by atoms with Crippen LogP contribution in [0.3, 0.4) is 0 Å². The molecular formula is C17H22N2O2. The molecule has 0 unspecified atom stereocenters. The third-order valence-electron chi connectivity index (χ3n) is 3.12. The lowest BCUT2D eigenvalue weighted by atomic mass is 10.2. The molecule has 1 heterocycles. The van der Waals surface area contributed by atoms with Crippen molar-refractivity contribution in [2.24, 2.45) is 0 Å². The summed E-state index contributed by atoms with van der Waals surface area (Å²) in [5.74, 6) is 1.07. The smallest absolute Gasteiger partial charge is 0.142 e. The Morgan fingerprint density at radius 1 is 1.14 bits per heavy atom. The number of aromatic hydroxyl groups is 1. The zero-order valence-electron chi connectivity index (χ0n) is 12.6. The number of aryl methyl sites for hydroxylation is 1. The minimum Gasteiger partial charge on any atom is -0.508 e. The first kappa shape index (κ1) is 15.3. The van der Waals surface area contributed by atoms with E-state index in [1.54, 1.807) is 12.1 Å². The Hall–Kier alpha value is -2.07. The normalized spacial score (nSPS) is 10.6. The monoisotopic (exact) mass is 286 g/mol. The quantitative estimate of drug-likeness (QED) is 0.768. The van der Waals surface area contributed by atoms with Crippen molar-refractivity contribution in [3.8, 4) is 11.5 Å². The van der Waals surface area contributed by atoms with Gasteiger partial charge in [0.15, 0.2) is 0 Å². The molecule has 1 aromatic heterocycles. The van der Waals surface area contributed by atoms with Gasteiger partial charge in [-0.05, 0) is 49.7 Å². The molecule has 0 saturated carbocycles. The molecule has 0 aliphatic rings. The van der Waals surface area contributed by atoms with Gasteiger partial charge in [-0.1, -0.05) is 19.1 Å². The highest BCUT2D eigenvalue weighted by Gasteiger charge is 2.06. The summed E-state index contributed by atoms with van der Waals surface area (Å²) >= 11 is 0. The van der Waals surface area contributed by atoms with Crippen LogP contribution in [-0.2, 0) is 13.2 Å². The van der Waals surface area contributed by atoms with Crippen LogP contribution >= 0.6 is 0 Å². The van der Waals surface area contributed by atoms with Gasteiger partial charge in [0.05, 0.1) is 5.69 Å². The van der Waals surface area contributed by atoms with Gasteiger partial charge >= 0.3 is 0 Å². The number of benzene rings is 1. The van der Waals surface area contributed by atoms with Gasteiger partial charge < -0.3 is 15.2 Å². The third kappa shape index (κ3) is 4.76. The number of hydrogen-bond acceptors (Lipinski definition) is 4. The molecule has 112 valence electrons. The lowest BCUT2D eigenvalue weighted by molar-refractivity contribution is 0.300. The molecule has 0 radical (unpaired) electrons. The molecule has 2 N–H and O–H groups in total. The van der Waals surface area contributed by atoms with E-state index >= 15 is 0 Å². The minimum absolute atomic E-state index is 0.264. The fraction of sp³-hybridized carbons (Fsp3) is 0.353. The maximum atomic E-state index is 9.28. The molecule has 0 fully saturated rings. The Morgan fingerprint density at radius 2 is 1.90 bits per heavy atom. The average molecular weight is 286 g/mol. The number of phenols is 1. The molecule has 4 heteroatoms. The number of nitrogens with one attached hydrogen (secondary N) is 1. The number of hydrogen-bond donors (Lipinski definition) is 2. The van der Waals surface area contributed by atoms with Crippen molar-refractivity contribution in [3.63, 3.8) is 0 Å². The van der Waals surface area contributed by atoms with Gasteiger partial charge in [-0.3, -0.25) is 4.98 Å². The second-order valence-corrected chi connectivity index (χ2v) is 5.03. The Morgan fingerprint density at radius 3 is 2.62 bits per heavy atom. The van der Waals surface area contributed by atoms with Gasteiger partial charge in [-0.15, -0.1) is 0 Å².